The topological polar surface area (TPSA) is 55.8 Å². The highest BCUT2D eigenvalue weighted by molar-refractivity contribution is 5.69. The summed E-state index contributed by atoms with van der Waals surface area (Å²) in [6.07, 6.45) is 40.1. The van der Waals surface area contributed by atoms with Crippen LogP contribution >= 0.6 is 0 Å². The van der Waals surface area contributed by atoms with E-state index in [1.807, 2.05) is 0 Å². The van der Waals surface area contributed by atoms with E-state index in [4.69, 9.17) is 9.47 Å². The molecule has 0 aliphatic rings. The van der Waals surface area contributed by atoms with Crippen molar-refractivity contribution in [1.29, 1.82) is 0 Å². The minimum Gasteiger partial charge on any atom is -0.457 e. The molecule has 0 aromatic rings. The maximum Gasteiger partial charge on any atom is 0.306 e. The quantitative estimate of drug-likeness (QED) is 0.0576. The van der Waals surface area contributed by atoms with Crippen LogP contribution in [0.25, 0.3) is 0 Å². The summed E-state index contributed by atoms with van der Waals surface area (Å²) in [5, 5.41) is 9.50. The molecular formula is C35H62O4. The van der Waals surface area contributed by atoms with E-state index in [0.717, 1.165) is 51.4 Å². The van der Waals surface area contributed by atoms with E-state index in [0.29, 0.717) is 13.0 Å². The van der Waals surface area contributed by atoms with Crippen molar-refractivity contribution >= 4 is 5.97 Å². The van der Waals surface area contributed by atoms with Gasteiger partial charge in [-0.2, -0.15) is 0 Å². The number of ether oxygens (including phenoxy) is 2. The molecule has 226 valence electrons. The molecular weight excluding hydrogens is 484 g/mol. The third kappa shape index (κ3) is 30.7. The van der Waals surface area contributed by atoms with Crippen LogP contribution < -0.4 is 0 Å². The summed E-state index contributed by atoms with van der Waals surface area (Å²) in [6, 6.07) is 0. The Morgan fingerprint density at radius 1 is 0.641 bits per heavy atom. The van der Waals surface area contributed by atoms with E-state index < -0.39 is 6.10 Å². The highest BCUT2D eigenvalue weighted by Crippen LogP contribution is 2.13. The summed E-state index contributed by atoms with van der Waals surface area (Å²) in [4.78, 5) is 12.1. The second-order valence-electron chi connectivity index (χ2n) is 10.5. The predicted molar refractivity (Wildman–Crippen MR) is 168 cm³/mol. The van der Waals surface area contributed by atoms with Crippen LogP contribution in [0, 0.1) is 0 Å². The third-order valence-corrected chi connectivity index (χ3v) is 6.67. The second kappa shape index (κ2) is 32.6. The van der Waals surface area contributed by atoms with E-state index in [1.54, 1.807) is 0 Å². The van der Waals surface area contributed by atoms with Gasteiger partial charge in [-0.15, -0.1) is 0 Å². The minimum absolute atomic E-state index is 0.193. The molecule has 4 nitrogen and oxygen atoms in total. The first kappa shape index (κ1) is 37.4. The maximum absolute atomic E-state index is 12.1. The summed E-state index contributed by atoms with van der Waals surface area (Å²) in [6.45, 7) is 5.08. The zero-order valence-corrected chi connectivity index (χ0v) is 25.6. The Kier molecular flexibility index (Phi) is 31.2. The summed E-state index contributed by atoms with van der Waals surface area (Å²) in [5.74, 6) is -0.222. The molecule has 0 aromatic carbocycles. The van der Waals surface area contributed by atoms with Crippen LogP contribution in [0.3, 0.4) is 0 Å². The Labute approximate surface area is 242 Å². The Morgan fingerprint density at radius 2 is 1.13 bits per heavy atom. The Bertz CT molecular complexity index is 620. The van der Waals surface area contributed by atoms with E-state index in [1.165, 1.54) is 70.6 Å². The molecule has 0 aliphatic heterocycles. The molecule has 0 amide bonds. The lowest BCUT2D eigenvalue weighted by Gasteiger charge is -2.15. The molecule has 0 radical (unpaired) electrons. The van der Waals surface area contributed by atoms with Crippen molar-refractivity contribution in [3.05, 3.63) is 48.6 Å². The number of aliphatic hydroxyl groups is 1. The summed E-state index contributed by atoms with van der Waals surface area (Å²) < 4.78 is 11.0. The van der Waals surface area contributed by atoms with Gasteiger partial charge in [0.25, 0.3) is 0 Å². The summed E-state index contributed by atoms with van der Waals surface area (Å²) in [5.41, 5.74) is 0. The van der Waals surface area contributed by atoms with Gasteiger partial charge in [0.2, 0.25) is 0 Å². The molecule has 0 saturated heterocycles. The van der Waals surface area contributed by atoms with Crippen LogP contribution in [0.1, 0.15) is 142 Å². The molecule has 0 rings (SSSR count). The van der Waals surface area contributed by atoms with Crippen LogP contribution in [0.5, 0.6) is 0 Å². The number of hydrogen-bond acceptors (Lipinski definition) is 4. The monoisotopic (exact) mass is 546 g/mol. The van der Waals surface area contributed by atoms with Gasteiger partial charge in [0.05, 0.1) is 13.2 Å². The van der Waals surface area contributed by atoms with Crippen molar-refractivity contribution in [2.75, 3.05) is 19.8 Å². The first-order valence-electron chi connectivity index (χ1n) is 16.2. The van der Waals surface area contributed by atoms with Crippen LogP contribution in [-0.2, 0) is 14.3 Å². The fourth-order valence-corrected chi connectivity index (χ4v) is 4.27. The van der Waals surface area contributed by atoms with E-state index >= 15 is 0 Å². The molecule has 4 heteroatoms. The van der Waals surface area contributed by atoms with Crippen molar-refractivity contribution in [2.45, 2.75) is 148 Å². The second-order valence-corrected chi connectivity index (χ2v) is 10.5. The van der Waals surface area contributed by atoms with E-state index in [9.17, 15) is 9.90 Å². The minimum atomic E-state index is -0.558. The smallest absolute Gasteiger partial charge is 0.306 e. The number of carbonyl (C=O) groups is 1. The van der Waals surface area contributed by atoms with Gasteiger partial charge >= 0.3 is 5.97 Å². The number of hydrogen-bond donors (Lipinski definition) is 1. The Hall–Kier alpha value is -1.65. The number of esters is 1. The first-order chi connectivity index (χ1) is 19.2. The van der Waals surface area contributed by atoms with Gasteiger partial charge < -0.3 is 14.6 Å². The van der Waals surface area contributed by atoms with Gasteiger partial charge in [-0.25, -0.2) is 0 Å². The summed E-state index contributed by atoms with van der Waals surface area (Å²) >= 11 is 0. The van der Waals surface area contributed by atoms with Crippen molar-refractivity contribution in [2.24, 2.45) is 0 Å². The maximum atomic E-state index is 12.1. The molecule has 0 heterocycles. The van der Waals surface area contributed by atoms with Crippen molar-refractivity contribution in [1.82, 2.24) is 0 Å². The third-order valence-electron chi connectivity index (χ3n) is 6.67. The first-order valence-corrected chi connectivity index (χ1v) is 16.2. The summed E-state index contributed by atoms with van der Waals surface area (Å²) in [7, 11) is 0. The molecule has 0 aromatic heterocycles. The highest BCUT2D eigenvalue weighted by atomic mass is 16.6. The Balaban J connectivity index is 3.56. The standard InChI is InChI=1S/C35H62O4/c1-3-5-7-9-11-13-15-17-19-21-23-25-27-29-31-38-33-34(32-36)39-35(37)30-28-26-24-22-20-18-16-14-12-10-8-6-4-2/h5,7,11,13,17,19,23,25,34,36H,3-4,6,8-10,12,14-16,18,20-22,24,26-33H2,1-2H3/b7-5-,13-11-,19-17-,25-23-. The molecule has 39 heavy (non-hydrogen) atoms. The fourth-order valence-electron chi connectivity index (χ4n) is 4.27. The number of rotatable bonds is 29. The molecule has 1 unspecified atom stereocenters. The SMILES string of the molecule is CC/C=C\C/C=C\C/C=C\C/C=C\CCCOCC(CO)OC(=O)CCCCCCCCCCCCCCC. The van der Waals surface area contributed by atoms with Crippen molar-refractivity contribution < 1.29 is 19.4 Å². The fraction of sp³-hybridized carbons (Fsp3) is 0.743. The molecule has 0 fully saturated rings. The molecule has 1 N–H and O–H groups in total. The molecule has 0 bridgehead atoms. The van der Waals surface area contributed by atoms with Gasteiger partial charge in [0.1, 0.15) is 6.10 Å². The van der Waals surface area contributed by atoms with Crippen LogP contribution in [0.15, 0.2) is 48.6 Å². The number of carbonyl (C=O) groups excluding carboxylic acids is 1. The lowest BCUT2D eigenvalue weighted by Crippen LogP contribution is -2.27. The van der Waals surface area contributed by atoms with Crippen LogP contribution in [-0.4, -0.2) is 37.0 Å². The number of unbranched alkanes of at least 4 members (excludes halogenated alkanes) is 13. The zero-order valence-electron chi connectivity index (χ0n) is 25.6. The lowest BCUT2D eigenvalue weighted by molar-refractivity contribution is -0.154. The average molecular weight is 547 g/mol. The van der Waals surface area contributed by atoms with E-state index in [2.05, 4.69) is 62.5 Å². The Morgan fingerprint density at radius 3 is 1.64 bits per heavy atom. The zero-order chi connectivity index (χ0) is 28.5. The number of aliphatic hydroxyl groups excluding tert-OH is 1. The van der Waals surface area contributed by atoms with Crippen LogP contribution in [0.4, 0.5) is 0 Å². The van der Waals surface area contributed by atoms with Gasteiger partial charge in [0.15, 0.2) is 0 Å². The average Bonchev–Trinajstić information content (AvgIpc) is 2.94. The van der Waals surface area contributed by atoms with Gasteiger partial charge in [-0.05, 0) is 44.9 Å². The van der Waals surface area contributed by atoms with E-state index in [-0.39, 0.29) is 19.2 Å². The molecule has 0 aliphatic carbocycles. The largest absolute Gasteiger partial charge is 0.457 e. The van der Waals surface area contributed by atoms with Gasteiger partial charge in [-0.1, -0.05) is 140 Å². The lowest BCUT2D eigenvalue weighted by atomic mass is 10.0. The highest BCUT2D eigenvalue weighted by Gasteiger charge is 2.13. The number of allylic oxidation sites excluding steroid dienone is 8. The molecule has 0 saturated carbocycles. The van der Waals surface area contributed by atoms with Crippen molar-refractivity contribution in [3.8, 4) is 0 Å². The molecule has 0 spiro atoms. The van der Waals surface area contributed by atoms with Crippen molar-refractivity contribution in [3.63, 3.8) is 0 Å². The predicted octanol–water partition coefficient (Wildman–Crippen LogP) is 9.97. The normalized spacial score (nSPS) is 13.0. The molecule has 1 atom stereocenters. The van der Waals surface area contributed by atoms with Gasteiger partial charge in [-0.3, -0.25) is 4.79 Å². The van der Waals surface area contributed by atoms with Gasteiger partial charge in [0, 0.05) is 13.0 Å². The van der Waals surface area contributed by atoms with Crippen LogP contribution in [0.2, 0.25) is 0 Å².